The Morgan fingerprint density at radius 1 is 0.849 bits per heavy atom. The molecule has 2 amide bonds. The van der Waals surface area contributed by atoms with Gasteiger partial charge in [0.15, 0.2) is 12.2 Å². The molecule has 13 heteroatoms. The molecule has 6 rings (SSSR count). The molecule has 0 radical (unpaired) electrons. The number of benzene rings is 4. The van der Waals surface area contributed by atoms with E-state index in [1.165, 1.54) is 6.39 Å². The standard InChI is InChI=1S/C21H23ClN4O2.C19H17ClN2O3/c1-26(2)9-10-28-20-11-15(17-13-23-24-14-17)7-8-19(20)25-21(27)12-16-5-3-4-6-18(16)22;1-12-19(25-11-21-12)15-8-7-14(10-17(15)24-2)22-18(23)9-13-5-3-4-6-16(13)20/h3-8,11,13-14H,9-10,12H2,1-2H3,(H,23,24)(H,25,27);3-8,10-11H,9H2,1-2H3,(H,22,23). The smallest absolute Gasteiger partial charge is 0.228 e. The summed E-state index contributed by atoms with van der Waals surface area (Å²) in [7, 11) is 5.54. The third kappa shape index (κ3) is 10.9. The SMILES string of the molecule is CN(C)CCOc1cc(-c2cn[nH]c2)ccc1NC(=O)Cc1ccccc1Cl.COc1cc(NC(=O)Cc2ccccc2Cl)ccc1-c1ocnc1C. The van der Waals surface area contributed by atoms with Gasteiger partial charge in [-0.3, -0.25) is 14.7 Å². The first kappa shape index (κ1) is 38.6. The maximum absolute atomic E-state index is 12.5. The highest BCUT2D eigenvalue weighted by molar-refractivity contribution is 6.32. The average molecular weight is 756 g/mol. The fraction of sp³-hybridized carbons (Fsp3) is 0.200. The van der Waals surface area contributed by atoms with Crippen LogP contribution in [0.3, 0.4) is 0 Å². The number of anilines is 2. The molecule has 53 heavy (non-hydrogen) atoms. The van der Waals surface area contributed by atoms with E-state index < -0.39 is 0 Å². The third-order valence-electron chi connectivity index (χ3n) is 7.98. The number of ether oxygens (including phenoxy) is 2. The Hall–Kier alpha value is -5.62. The minimum absolute atomic E-state index is 0.151. The molecule has 0 atom stereocenters. The number of nitrogens with zero attached hydrogens (tertiary/aromatic N) is 3. The predicted molar refractivity (Wildman–Crippen MR) is 209 cm³/mol. The molecule has 0 aliphatic carbocycles. The monoisotopic (exact) mass is 754 g/mol. The number of methoxy groups -OCH3 is 1. The van der Waals surface area contributed by atoms with Crippen LogP contribution in [0.1, 0.15) is 16.8 Å². The van der Waals surface area contributed by atoms with Gasteiger partial charge in [0.1, 0.15) is 18.1 Å². The first-order valence-corrected chi connectivity index (χ1v) is 17.4. The van der Waals surface area contributed by atoms with Gasteiger partial charge in [-0.25, -0.2) is 4.98 Å². The Kier molecular flexibility index (Phi) is 13.7. The zero-order valence-electron chi connectivity index (χ0n) is 29.8. The number of likely N-dealkylation sites (N-methyl/N-ethyl adjacent to an activating group) is 1. The molecule has 0 saturated heterocycles. The van der Waals surface area contributed by atoms with Crippen LogP contribution in [0.25, 0.3) is 22.5 Å². The van der Waals surface area contributed by atoms with Crippen LogP contribution in [0.5, 0.6) is 11.5 Å². The van der Waals surface area contributed by atoms with Gasteiger partial charge >= 0.3 is 0 Å². The molecular weight excluding hydrogens is 715 g/mol. The van der Waals surface area contributed by atoms with E-state index in [4.69, 9.17) is 37.1 Å². The Morgan fingerprint density at radius 3 is 2.11 bits per heavy atom. The molecule has 2 aromatic heterocycles. The van der Waals surface area contributed by atoms with Gasteiger partial charge in [0.25, 0.3) is 0 Å². The zero-order chi connectivity index (χ0) is 37.7. The molecule has 274 valence electrons. The Balaban J connectivity index is 0.000000206. The lowest BCUT2D eigenvalue weighted by Crippen LogP contribution is -2.20. The number of aryl methyl sites for hydroxylation is 1. The number of oxazole rings is 1. The van der Waals surface area contributed by atoms with Crippen molar-refractivity contribution in [2.75, 3.05) is 45.0 Å². The molecule has 0 unspecified atom stereocenters. The maximum Gasteiger partial charge on any atom is 0.228 e. The molecule has 0 aliphatic heterocycles. The number of hydrogen-bond acceptors (Lipinski definition) is 8. The number of hydrogen-bond donors (Lipinski definition) is 3. The fourth-order valence-electron chi connectivity index (χ4n) is 5.22. The first-order valence-electron chi connectivity index (χ1n) is 16.7. The molecule has 0 spiro atoms. The first-order chi connectivity index (χ1) is 25.6. The molecule has 6 aromatic rings. The van der Waals surface area contributed by atoms with E-state index in [1.54, 1.807) is 37.6 Å². The average Bonchev–Trinajstić information content (AvgIpc) is 3.83. The van der Waals surface area contributed by atoms with Crippen molar-refractivity contribution in [3.63, 3.8) is 0 Å². The molecular formula is C40H40Cl2N6O5. The summed E-state index contributed by atoms with van der Waals surface area (Å²) in [5.41, 5.74) is 6.28. The molecule has 0 fully saturated rings. The second-order valence-corrected chi connectivity index (χ2v) is 13.0. The van der Waals surface area contributed by atoms with Crippen molar-refractivity contribution in [3.05, 3.63) is 131 Å². The van der Waals surface area contributed by atoms with Gasteiger partial charge in [0.05, 0.1) is 43.1 Å². The number of H-pyrrole nitrogens is 1. The van der Waals surface area contributed by atoms with Gasteiger partial charge in [-0.15, -0.1) is 0 Å². The lowest BCUT2D eigenvalue weighted by atomic mass is 10.1. The normalized spacial score (nSPS) is 10.7. The van der Waals surface area contributed by atoms with E-state index in [0.29, 0.717) is 45.3 Å². The summed E-state index contributed by atoms with van der Waals surface area (Å²) < 4.78 is 16.8. The van der Waals surface area contributed by atoms with E-state index in [-0.39, 0.29) is 24.7 Å². The molecule has 0 saturated carbocycles. The molecule has 3 N–H and O–H groups in total. The van der Waals surface area contributed by atoms with E-state index >= 15 is 0 Å². The summed E-state index contributed by atoms with van der Waals surface area (Å²) in [5.74, 6) is 1.55. The zero-order valence-corrected chi connectivity index (χ0v) is 31.3. The second-order valence-electron chi connectivity index (χ2n) is 12.2. The number of nitrogens with one attached hydrogen (secondary N) is 3. The highest BCUT2D eigenvalue weighted by atomic mass is 35.5. The number of rotatable bonds is 13. The number of aromatic amines is 1. The van der Waals surface area contributed by atoms with Crippen molar-refractivity contribution in [1.29, 1.82) is 0 Å². The van der Waals surface area contributed by atoms with Crippen LogP contribution < -0.4 is 20.1 Å². The lowest BCUT2D eigenvalue weighted by Gasteiger charge is -2.16. The van der Waals surface area contributed by atoms with Gasteiger partial charge in [0, 0.05) is 40.1 Å². The van der Waals surface area contributed by atoms with Crippen molar-refractivity contribution in [1.82, 2.24) is 20.1 Å². The number of carbonyl (C=O) groups excluding carboxylic acids is 2. The molecule has 11 nitrogen and oxygen atoms in total. The van der Waals surface area contributed by atoms with Crippen LogP contribution in [-0.2, 0) is 22.4 Å². The highest BCUT2D eigenvalue weighted by Crippen LogP contribution is 2.34. The maximum atomic E-state index is 12.5. The van der Waals surface area contributed by atoms with Crippen LogP contribution in [-0.4, -0.2) is 66.3 Å². The van der Waals surface area contributed by atoms with Crippen LogP contribution in [0.4, 0.5) is 11.4 Å². The van der Waals surface area contributed by atoms with Crippen molar-refractivity contribution < 1.29 is 23.5 Å². The van der Waals surface area contributed by atoms with Crippen LogP contribution >= 0.6 is 23.2 Å². The van der Waals surface area contributed by atoms with E-state index in [1.807, 2.05) is 92.8 Å². The van der Waals surface area contributed by atoms with Gasteiger partial charge in [-0.05, 0) is 74.1 Å². The fourth-order valence-corrected chi connectivity index (χ4v) is 5.62. The number of amides is 2. The quantitative estimate of drug-likeness (QED) is 0.107. The minimum Gasteiger partial charge on any atom is -0.496 e. The predicted octanol–water partition coefficient (Wildman–Crippen LogP) is 8.34. The molecule has 0 aliphatic rings. The van der Waals surface area contributed by atoms with Gasteiger partial charge in [-0.2, -0.15) is 5.10 Å². The van der Waals surface area contributed by atoms with E-state index in [9.17, 15) is 9.59 Å². The number of halogens is 2. The summed E-state index contributed by atoms with van der Waals surface area (Å²) >= 11 is 12.3. The molecule has 2 heterocycles. The van der Waals surface area contributed by atoms with Crippen LogP contribution in [0.2, 0.25) is 10.0 Å². The molecule has 0 bridgehead atoms. The van der Waals surface area contributed by atoms with Crippen LogP contribution in [0.15, 0.2) is 108 Å². The van der Waals surface area contributed by atoms with Gasteiger partial charge in [0.2, 0.25) is 11.8 Å². The van der Waals surface area contributed by atoms with Crippen LogP contribution in [0, 0.1) is 6.92 Å². The Bertz CT molecular complexity index is 2130. The van der Waals surface area contributed by atoms with E-state index in [2.05, 4.69) is 25.8 Å². The van der Waals surface area contributed by atoms with Crippen molar-refractivity contribution in [3.8, 4) is 33.9 Å². The summed E-state index contributed by atoms with van der Waals surface area (Å²) in [6.45, 7) is 3.13. The van der Waals surface area contributed by atoms with Crippen molar-refractivity contribution in [2.24, 2.45) is 0 Å². The van der Waals surface area contributed by atoms with Crippen molar-refractivity contribution in [2.45, 2.75) is 19.8 Å². The summed E-state index contributed by atoms with van der Waals surface area (Å²) in [5, 5.41) is 13.7. The largest absolute Gasteiger partial charge is 0.496 e. The summed E-state index contributed by atoms with van der Waals surface area (Å²) in [6, 6.07) is 25.7. The minimum atomic E-state index is -0.154. The number of carbonyl (C=O) groups is 2. The van der Waals surface area contributed by atoms with Gasteiger partial charge < -0.3 is 29.4 Å². The number of aromatic nitrogens is 3. The van der Waals surface area contributed by atoms with Crippen molar-refractivity contribution >= 4 is 46.4 Å². The molecule has 4 aromatic carbocycles. The van der Waals surface area contributed by atoms with Gasteiger partial charge in [-0.1, -0.05) is 65.7 Å². The Morgan fingerprint density at radius 2 is 1.53 bits per heavy atom. The third-order valence-corrected chi connectivity index (χ3v) is 8.71. The highest BCUT2D eigenvalue weighted by Gasteiger charge is 2.16. The summed E-state index contributed by atoms with van der Waals surface area (Å²) in [4.78, 5) is 30.9. The Labute approximate surface area is 318 Å². The lowest BCUT2D eigenvalue weighted by molar-refractivity contribution is -0.116. The van der Waals surface area contributed by atoms with E-state index in [0.717, 1.165) is 40.1 Å². The second kappa shape index (κ2) is 18.7. The summed E-state index contributed by atoms with van der Waals surface area (Å²) in [6.07, 6.45) is 5.35. The topological polar surface area (TPSA) is 135 Å².